The number of para-hydroxylation sites is 1. The standard InChI is InChI=1S/C10H10BrClO/c1-8(6-12)7-13-10-5-3-2-4-9(10)11/h2-6H,7H2,1H3/b8-6-. The van der Waals surface area contributed by atoms with Crippen LogP contribution in [0.1, 0.15) is 6.92 Å². The molecular formula is C10H10BrClO. The van der Waals surface area contributed by atoms with Gasteiger partial charge in [-0.1, -0.05) is 23.7 Å². The van der Waals surface area contributed by atoms with E-state index in [0.717, 1.165) is 15.8 Å². The summed E-state index contributed by atoms with van der Waals surface area (Å²) >= 11 is 8.90. The molecule has 0 heterocycles. The predicted octanol–water partition coefficient (Wildman–Crippen LogP) is 3.97. The molecule has 3 heteroatoms. The summed E-state index contributed by atoms with van der Waals surface area (Å²) in [6.07, 6.45) is 0. The molecule has 0 unspecified atom stereocenters. The van der Waals surface area contributed by atoms with E-state index in [1.807, 2.05) is 31.2 Å². The SMILES string of the molecule is C/C(=C/Cl)COc1ccccc1Br. The molecule has 0 amide bonds. The first-order valence-electron chi connectivity index (χ1n) is 3.87. The summed E-state index contributed by atoms with van der Waals surface area (Å²) in [5.74, 6) is 0.834. The number of benzene rings is 1. The summed E-state index contributed by atoms with van der Waals surface area (Å²) in [6, 6.07) is 7.72. The second-order valence-corrected chi connectivity index (χ2v) is 3.75. The molecule has 0 spiro atoms. The molecule has 1 aromatic carbocycles. The van der Waals surface area contributed by atoms with Gasteiger partial charge in [-0.2, -0.15) is 0 Å². The third-order valence-electron chi connectivity index (χ3n) is 1.48. The first kappa shape index (κ1) is 10.6. The van der Waals surface area contributed by atoms with Crippen molar-refractivity contribution < 1.29 is 4.74 Å². The lowest BCUT2D eigenvalue weighted by Gasteiger charge is -2.06. The minimum atomic E-state index is 0.520. The summed E-state index contributed by atoms with van der Waals surface area (Å²) in [5, 5.41) is 0. The lowest BCUT2D eigenvalue weighted by atomic mass is 10.3. The third kappa shape index (κ3) is 3.41. The Morgan fingerprint density at radius 1 is 1.54 bits per heavy atom. The summed E-state index contributed by atoms with van der Waals surface area (Å²) in [4.78, 5) is 0. The molecule has 0 aliphatic rings. The quantitative estimate of drug-likeness (QED) is 0.800. The van der Waals surface area contributed by atoms with E-state index in [1.165, 1.54) is 5.54 Å². The zero-order chi connectivity index (χ0) is 9.68. The molecule has 1 aromatic rings. The van der Waals surface area contributed by atoms with Crippen LogP contribution in [0.5, 0.6) is 5.75 Å². The Morgan fingerprint density at radius 3 is 2.85 bits per heavy atom. The first-order valence-corrected chi connectivity index (χ1v) is 5.10. The van der Waals surface area contributed by atoms with Crippen LogP contribution in [-0.2, 0) is 0 Å². The largest absolute Gasteiger partial charge is 0.488 e. The van der Waals surface area contributed by atoms with Crippen molar-refractivity contribution in [2.45, 2.75) is 6.92 Å². The highest BCUT2D eigenvalue weighted by atomic mass is 79.9. The van der Waals surface area contributed by atoms with Crippen molar-refractivity contribution in [3.8, 4) is 5.75 Å². The number of rotatable bonds is 3. The smallest absolute Gasteiger partial charge is 0.133 e. The molecule has 0 saturated carbocycles. The van der Waals surface area contributed by atoms with E-state index >= 15 is 0 Å². The zero-order valence-electron chi connectivity index (χ0n) is 7.26. The highest BCUT2D eigenvalue weighted by Crippen LogP contribution is 2.24. The van der Waals surface area contributed by atoms with E-state index in [1.54, 1.807) is 0 Å². The van der Waals surface area contributed by atoms with Crippen molar-refractivity contribution >= 4 is 27.5 Å². The van der Waals surface area contributed by atoms with Crippen LogP contribution in [0.4, 0.5) is 0 Å². The monoisotopic (exact) mass is 260 g/mol. The van der Waals surface area contributed by atoms with Crippen molar-refractivity contribution in [1.82, 2.24) is 0 Å². The van der Waals surface area contributed by atoms with E-state index in [9.17, 15) is 0 Å². The number of hydrogen-bond acceptors (Lipinski definition) is 1. The number of halogens is 2. The van der Waals surface area contributed by atoms with Crippen LogP contribution in [0.3, 0.4) is 0 Å². The van der Waals surface area contributed by atoms with Crippen LogP contribution < -0.4 is 4.74 Å². The summed E-state index contributed by atoms with van der Waals surface area (Å²) < 4.78 is 6.45. The summed E-state index contributed by atoms with van der Waals surface area (Å²) in [6.45, 7) is 2.44. The molecule has 0 aliphatic heterocycles. The van der Waals surface area contributed by atoms with Crippen molar-refractivity contribution in [1.29, 1.82) is 0 Å². The molecule has 70 valence electrons. The first-order chi connectivity index (χ1) is 6.24. The van der Waals surface area contributed by atoms with Crippen LogP contribution in [0.15, 0.2) is 39.8 Å². The average molecular weight is 262 g/mol. The van der Waals surface area contributed by atoms with E-state index in [4.69, 9.17) is 16.3 Å². The molecule has 0 N–H and O–H groups in total. The molecule has 0 radical (unpaired) electrons. The topological polar surface area (TPSA) is 9.23 Å². The predicted molar refractivity (Wildman–Crippen MR) is 59.2 cm³/mol. The molecule has 0 saturated heterocycles. The lowest BCUT2D eigenvalue weighted by molar-refractivity contribution is 0.350. The Kier molecular flexibility index (Phi) is 4.33. The van der Waals surface area contributed by atoms with Crippen molar-refractivity contribution in [2.24, 2.45) is 0 Å². The fourth-order valence-electron chi connectivity index (χ4n) is 0.785. The van der Waals surface area contributed by atoms with Gasteiger partial charge >= 0.3 is 0 Å². The number of ether oxygens (including phenoxy) is 1. The molecule has 1 nitrogen and oxygen atoms in total. The van der Waals surface area contributed by atoms with E-state index in [2.05, 4.69) is 15.9 Å². The molecule has 0 aliphatic carbocycles. The maximum absolute atomic E-state index is 5.50. The molecular weight excluding hydrogens is 251 g/mol. The fraction of sp³-hybridized carbons (Fsp3) is 0.200. The van der Waals surface area contributed by atoms with E-state index in [0.29, 0.717) is 6.61 Å². The molecule has 1 rings (SSSR count). The minimum Gasteiger partial charge on any atom is -0.488 e. The minimum absolute atomic E-state index is 0.520. The van der Waals surface area contributed by atoms with Gasteiger partial charge in [-0.15, -0.1) is 0 Å². The van der Waals surface area contributed by atoms with Gasteiger partial charge in [0, 0.05) is 5.54 Å². The zero-order valence-corrected chi connectivity index (χ0v) is 9.60. The summed E-state index contributed by atoms with van der Waals surface area (Å²) in [7, 11) is 0. The maximum atomic E-state index is 5.50. The highest BCUT2D eigenvalue weighted by molar-refractivity contribution is 9.10. The lowest BCUT2D eigenvalue weighted by Crippen LogP contribution is -1.98. The molecule has 0 aromatic heterocycles. The van der Waals surface area contributed by atoms with Gasteiger partial charge in [0.25, 0.3) is 0 Å². The van der Waals surface area contributed by atoms with Gasteiger partial charge in [-0.3, -0.25) is 0 Å². The Bertz CT molecular complexity index is 310. The second kappa shape index (κ2) is 5.30. The molecule has 0 fully saturated rings. The normalized spacial score (nSPS) is 11.5. The van der Waals surface area contributed by atoms with Crippen molar-refractivity contribution in [2.75, 3.05) is 6.61 Å². The van der Waals surface area contributed by atoms with Crippen LogP contribution >= 0.6 is 27.5 Å². The Morgan fingerprint density at radius 2 is 2.23 bits per heavy atom. The van der Waals surface area contributed by atoms with Crippen molar-refractivity contribution in [3.63, 3.8) is 0 Å². The van der Waals surface area contributed by atoms with Crippen LogP contribution in [0, 0.1) is 0 Å². The van der Waals surface area contributed by atoms with Gasteiger partial charge in [-0.05, 0) is 40.6 Å². The molecule has 13 heavy (non-hydrogen) atoms. The average Bonchev–Trinajstić information content (AvgIpc) is 2.16. The third-order valence-corrected chi connectivity index (χ3v) is 2.51. The van der Waals surface area contributed by atoms with E-state index in [-0.39, 0.29) is 0 Å². The number of hydrogen-bond donors (Lipinski definition) is 0. The maximum Gasteiger partial charge on any atom is 0.133 e. The molecule has 0 bridgehead atoms. The Balaban J connectivity index is 2.60. The van der Waals surface area contributed by atoms with Gasteiger partial charge in [0.2, 0.25) is 0 Å². The van der Waals surface area contributed by atoms with Gasteiger partial charge in [0.1, 0.15) is 12.4 Å². The van der Waals surface area contributed by atoms with Crippen LogP contribution in [0.2, 0.25) is 0 Å². The van der Waals surface area contributed by atoms with E-state index < -0.39 is 0 Å². The van der Waals surface area contributed by atoms with Gasteiger partial charge in [-0.25, -0.2) is 0 Å². The molecule has 0 atom stereocenters. The van der Waals surface area contributed by atoms with Gasteiger partial charge in [0.15, 0.2) is 0 Å². The Labute approximate surface area is 91.5 Å². The van der Waals surface area contributed by atoms with Crippen molar-refractivity contribution in [3.05, 3.63) is 39.8 Å². The second-order valence-electron chi connectivity index (χ2n) is 2.67. The van der Waals surface area contributed by atoms with Gasteiger partial charge in [0.05, 0.1) is 4.47 Å². The van der Waals surface area contributed by atoms with Gasteiger partial charge < -0.3 is 4.74 Å². The van der Waals surface area contributed by atoms with Crippen LogP contribution in [0.25, 0.3) is 0 Å². The van der Waals surface area contributed by atoms with Crippen LogP contribution in [-0.4, -0.2) is 6.61 Å². The summed E-state index contributed by atoms with van der Waals surface area (Å²) in [5.41, 5.74) is 2.52. The highest BCUT2D eigenvalue weighted by Gasteiger charge is 1.98. The fourth-order valence-corrected chi connectivity index (χ4v) is 1.25. The Hall–Kier alpha value is -0.470.